The van der Waals surface area contributed by atoms with Crippen molar-refractivity contribution in [2.75, 3.05) is 0 Å². The molecule has 2 rings (SSSR count). The van der Waals surface area contributed by atoms with Gasteiger partial charge in [0, 0.05) is 8.95 Å². The Balaban J connectivity index is 2.34. The highest BCUT2D eigenvalue weighted by molar-refractivity contribution is 9.13. The Hall–Kier alpha value is -0.720. The van der Waals surface area contributed by atoms with E-state index >= 15 is 0 Å². The Morgan fingerprint density at radius 1 is 1.27 bits per heavy atom. The van der Waals surface area contributed by atoms with Crippen LogP contribution < -0.4 is 5.73 Å². The van der Waals surface area contributed by atoms with Gasteiger partial charge in [-0.25, -0.2) is 0 Å². The summed E-state index contributed by atoms with van der Waals surface area (Å²) in [5.41, 5.74) is 6.88. The van der Waals surface area contributed by atoms with Crippen molar-refractivity contribution in [3.05, 3.63) is 44.9 Å². The smallest absolute Gasteiger partial charge is 0.213 e. The van der Waals surface area contributed by atoms with Gasteiger partial charge in [-0.05, 0) is 49.6 Å². The molecule has 0 saturated heterocycles. The Morgan fingerprint density at radius 2 is 2.07 bits per heavy atom. The van der Waals surface area contributed by atoms with Crippen LogP contribution in [0.4, 0.5) is 0 Å². The van der Waals surface area contributed by atoms with Gasteiger partial charge in [-0.2, -0.15) is 4.98 Å². The molecule has 0 spiro atoms. The lowest BCUT2D eigenvalue weighted by molar-refractivity contribution is 0.407. The summed E-state index contributed by atoms with van der Waals surface area (Å²) >= 11 is 6.80. The third-order valence-electron chi connectivity index (χ3n) is 1.96. The van der Waals surface area contributed by atoms with Crippen molar-refractivity contribution in [1.82, 2.24) is 10.1 Å². The predicted molar refractivity (Wildman–Crippen MR) is 62.2 cm³/mol. The molecule has 78 valence electrons. The fourth-order valence-corrected chi connectivity index (χ4v) is 1.81. The van der Waals surface area contributed by atoms with E-state index in [4.69, 9.17) is 5.73 Å². The average molecular weight is 333 g/mol. The molecule has 1 aromatic carbocycles. The zero-order chi connectivity index (χ0) is 10.8. The molecule has 0 saturated carbocycles. The monoisotopic (exact) mass is 331 g/mol. The van der Waals surface area contributed by atoms with Crippen LogP contribution in [0, 0.1) is 0 Å². The van der Waals surface area contributed by atoms with Gasteiger partial charge in [0.1, 0.15) is 0 Å². The second kappa shape index (κ2) is 4.42. The number of aromatic nitrogens is 2. The van der Waals surface area contributed by atoms with Gasteiger partial charge in [0.2, 0.25) is 6.39 Å². The molecule has 1 aromatic heterocycles. The molecule has 0 aliphatic rings. The van der Waals surface area contributed by atoms with E-state index in [1.807, 2.05) is 18.2 Å². The predicted octanol–water partition coefficient (Wildman–Crippen LogP) is 2.64. The topological polar surface area (TPSA) is 64.9 Å². The number of hydrogen-bond donors (Lipinski definition) is 1. The van der Waals surface area contributed by atoms with Crippen LogP contribution in [0.1, 0.15) is 17.4 Å². The first-order valence-corrected chi connectivity index (χ1v) is 5.74. The van der Waals surface area contributed by atoms with Crippen molar-refractivity contribution in [3.63, 3.8) is 0 Å². The molecule has 15 heavy (non-hydrogen) atoms. The Morgan fingerprint density at radius 3 is 2.67 bits per heavy atom. The number of halogens is 2. The molecule has 1 unspecified atom stereocenters. The van der Waals surface area contributed by atoms with Crippen LogP contribution in [-0.2, 0) is 0 Å². The van der Waals surface area contributed by atoms with Crippen LogP contribution in [0.25, 0.3) is 0 Å². The molecular weight excluding hydrogens is 326 g/mol. The maximum absolute atomic E-state index is 5.96. The minimum Gasteiger partial charge on any atom is -0.343 e. The summed E-state index contributed by atoms with van der Waals surface area (Å²) in [5.74, 6) is 0.476. The maximum Gasteiger partial charge on any atom is 0.213 e. The second-order valence-electron chi connectivity index (χ2n) is 2.94. The number of hydrogen-bond acceptors (Lipinski definition) is 4. The van der Waals surface area contributed by atoms with E-state index in [-0.39, 0.29) is 6.04 Å². The summed E-state index contributed by atoms with van der Waals surface area (Å²) in [4.78, 5) is 3.91. The summed E-state index contributed by atoms with van der Waals surface area (Å²) in [6.07, 6.45) is 1.27. The number of nitrogens with zero attached hydrogens (tertiary/aromatic N) is 2. The van der Waals surface area contributed by atoms with Crippen LogP contribution in [-0.4, -0.2) is 10.1 Å². The molecule has 0 aliphatic carbocycles. The maximum atomic E-state index is 5.96. The quantitative estimate of drug-likeness (QED) is 0.918. The highest BCUT2D eigenvalue weighted by atomic mass is 79.9. The molecule has 1 heterocycles. The zero-order valence-corrected chi connectivity index (χ0v) is 10.7. The van der Waals surface area contributed by atoms with Crippen molar-refractivity contribution >= 4 is 31.9 Å². The first kappa shape index (κ1) is 10.8. The fraction of sp³-hybridized carbons (Fsp3) is 0.111. The van der Waals surface area contributed by atoms with Gasteiger partial charge in [0.25, 0.3) is 0 Å². The molecule has 4 nitrogen and oxygen atoms in total. The summed E-state index contributed by atoms with van der Waals surface area (Å²) in [6.45, 7) is 0. The molecule has 0 bridgehead atoms. The van der Waals surface area contributed by atoms with Gasteiger partial charge in [-0.3, -0.25) is 0 Å². The average Bonchev–Trinajstić information content (AvgIpc) is 2.74. The Labute approximate surface area is 103 Å². The van der Waals surface area contributed by atoms with Crippen molar-refractivity contribution in [3.8, 4) is 0 Å². The first-order valence-electron chi connectivity index (χ1n) is 4.15. The molecule has 0 aliphatic heterocycles. The lowest BCUT2D eigenvalue weighted by atomic mass is 10.1. The SMILES string of the molecule is NC(c1ccc(Br)c(Br)c1)c1ncon1. The molecule has 0 radical (unpaired) electrons. The van der Waals surface area contributed by atoms with E-state index in [0.29, 0.717) is 5.82 Å². The minimum atomic E-state index is -0.367. The minimum absolute atomic E-state index is 0.367. The molecule has 2 aromatic rings. The van der Waals surface area contributed by atoms with Crippen molar-refractivity contribution < 1.29 is 4.52 Å². The van der Waals surface area contributed by atoms with Crippen LogP contribution >= 0.6 is 31.9 Å². The summed E-state index contributed by atoms with van der Waals surface area (Å²) in [5, 5.41) is 3.71. The largest absolute Gasteiger partial charge is 0.343 e. The van der Waals surface area contributed by atoms with Gasteiger partial charge in [0.05, 0.1) is 6.04 Å². The van der Waals surface area contributed by atoms with Crippen LogP contribution in [0.15, 0.2) is 38.1 Å². The first-order chi connectivity index (χ1) is 7.18. The van der Waals surface area contributed by atoms with E-state index in [9.17, 15) is 0 Å². The van der Waals surface area contributed by atoms with Gasteiger partial charge in [-0.1, -0.05) is 11.2 Å². The van der Waals surface area contributed by atoms with Crippen molar-refractivity contribution in [2.24, 2.45) is 5.73 Å². The van der Waals surface area contributed by atoms with Crippen LogP contribution in [0.5, 0.6) is 0 Å². The van der Waals surface area contributed by atoms with Gasteiger partial charge in [0.15, 0.2) is 5.82 Å². The Bertz CT molecular complexity index is 458. The normalized spacial score (nSPS) is 12.7. The van der Waals surface area contributed by atoms with E-state index in [1.54, 1.807) is 0 Å². The summed E-state index contributed by atoms with van der Waals surface area (Å²) < 4.78 is 6.57. The van der Waals surface area contributed by atoms with E-state index < -0.39 is 0 Å². The van der Waals surface area contributed by atoms with Gasteiger partial charge in [-0.15, -0.1) is 0 Å². The van der Waals surface area contributed by atoms with Gasteiger partial charge < -0.3 is 10.3 Å². The number of nitrogens with two attached hydrogens (primary N) is 1. The number of rotatable bonds is 2. The number of benzene rings is 1. The van der Waals surface area contributed by atoms with Crippen molar-refractivity contribution in [2.45, 2.75) is 6.04 Å². The third-order valence-corrected chi connectivity index (χ3v) is 3.84. The molecular formula is C9H7Br2N3O. The van der Waals surface area contributed by atoms with Crippen molar-refractivity contribution in [1.29, 1.82) is 0 Å². The molecule has 6 heteroatoms. The Kier molecular flexibility index (Phi) is 3.18. The van der Waals surface area contributed by atoms with E-state index in [0.717, 1.165) is 14.5 Å². The zero-order valence-electron chi connectivity index (χ0n) is 7.52. The highest BCUT2D eigenvalue weighted by Gasteiger charge is 2.14. The molecule has 1 atom stereocenters. The van der Waals surface area contributed by atoms with Crippen LogP contribution in [0.2, 0.25) is 0 Å². The van der Waals surface area contributed by atoms with Crippen LogP contribution in [0.3, 0.4) is 0 Å². The van der Waals surface area contributed by atoms with Gasteiger partial charge >= 0.3 is 0 Å². The summed E-state index contributed by atoms with van der Waals surface area (Å²) in [6, 6.07) is 5.38. The highest BCUT2D eigenvalue weighted by Crippen LogP contribution is 2.27. The fourth-order valence-electron chi connectivity index (χ4n) is 1.17. The lowest BCUT2D eigenvalue weighted by Crippen LogP contribution is -2.13. The molecule has 0 fully saturated rings. The standard InChI is InChI=1S/C9H7Br2N3O/c10-6-2-1-5(3-7(6)11)8(12)9-13-4-15-14-9/h1-4,8H,12H2. The van der Waals surface area contributed by atoms with E-state index in [1.165, 1.54) is 6.39 Å². The molecule has 0 amide bonds. The second-order valence-corrected chi connectivity index (χ2v) is 4.65. The van der Waals surface area contributed by atoms with E-state index in [2.05, 4.69) is 46.5 Å². The third kappa shape index (κ3) is 2.27. The molecule has 2 N–H and O–H groups in total. The lowest BCUT2D eigenvalue weighted by Gasteiger charge is -2.08. The summed E-state index contributed by atoms with van der Waals surface area (Å²) in [7, 11) is 0.